The summed E-state index contributed by atoms with van der Waals surface area (Å²) in [6.45, 7) is 5.13. The Kier molecular flexibility index (Phi) is 4.36. The Bertz CT molecular complexity index is 525. The van der Waals surface area contributed by atoms with Gasteiger partial charge >= 0.3 is 0 Å². The number of nitrogens with zero attached hydrogens (tertiary/aromatic N) is 2. The Hall–Kier alpha value is -1.36. The third-order valence-electron chi connectivity index (χ3n) is 2.67. The third kappa shape index (κ3) is 2.56. The van der Waals surface area contributed by atoms with Crippen molar-refractivity contribution in [2.24, 2.45) is 0 Å². The molecule has 2 rings (SSSR count). The molecule has 0 fully saturated rings. The number of hydrogen-bond donors (Lipinski definition) is 1. The molecule has 18 heavy (non-hydrogen) atoms. The number of hydrogen-bond acceptors (Lipinski definition) is 4. The van der Waals surface area contributed by atoms with Gasteiger partial charge < -0.3 is 9.73 Å². The van der Waals surface area contributed by atoms with E-state index >= 15 is 0 Å². The Morgan fingerprint density at radius 2 is 2.17 bits per heavy atom. The minimum absolute atomic E-state index is 0.758. The van der Waals surface area contributed by atoms with Gasteiger partial charge in [0.2, 0.25) is 0 Å². The maximum absolute atomic E-state index is 5.49. The van der Waals surface area contributed by atoms with Crippen molar-refractivity contribution in [1.82, 2.24) is 9.97 Å². The second kappa shape index (κ2) is 6.00. The summed E-state index contributed by atoms with van der Waals surface area (Å²) in [5.74, 6) is 1.65. The molecule has 0 atom stereocenters. The van der Waals surface area contributed by atoms with Crippen molar-refractivity contribution in [2.75, 3.05) is 11.9 Å². The van der Waals surface area contributed by atoms with E-state index in [9.17, 15) is 0 Å². The van der Waals surface area contributed by atoms with E-state index < -0.39 is 0 Å². The van der Waals surface area contributed by atoms with Crippen LogP contribution in [0.3, 0.4) is 0 Å². The summed E-state index contributed by atoms with van der Waals surface area (Å²) in [6, 6.07) is 1.87. The van der Waals surface area contributed by atoms with Gasteiger partial charge in [-0.2, -0.15) is 0 Å². The molecule has 0 aliphatic heterocycles. The van der Waals surface area contributed by atoms with E-state index in [1.54, 1.807) is 12.6 Å². The molecule has 0 aliphatic carbocycles. The average molecular weight is 310 g/mol. The van der Waals surface area contributed by atoms with Gasteiger partial charge in [-0.05, 0) is 34.8 Å². The fraction of sp³-hybridized carbons (Fsp3) is 0.385. The van der Waals surface area contributed by atoms with Gasteiger partial charge in [0.1, 0.15) is 17.8 Å². The van der Waals surface area contributed by atoms with E-state index in [2.05, 4.69) is 45.1 Å². The monoisotopic (exact) mass is 309 g/mol. The van der Waals surface area contributed by atoms with Crippen molar-refractivity contribution in [2.45, 2.75) is 26.7 Å². The molecule has 2 aromatic heterocycles. The average Bonchev–Trinajstić information content (AvgIpc) is 2.81. The maximum Gasteiger partial charge on any atom is 0.166 e. The van der Waals surface area contributed by atoms with E-state index in [0.717, 1.165) is 46.7 Å². The van der Waals surface area contributed by atoms with Gasteiger partial charge in [0.05, 0.1) is 10.7 Å². The lowest BCUT2D eigenvalue weighted by molar-refractivity contribution is 0.577. The molecular weight excluding hydrogens is 294 g/mol. The Morgan fingerprint density at radius 3 is 2.78 bits per heavy atom. The van der Waals surface area contributed by atoms with Gasteiger partial charge in [0.15, 0.2) is 5.76 Å². The van der Waals surface area contributed by atoms with Crippen LogP contribution in [0.5, 0.6) is 0 Å². The zero-order valence-electron chi connectivity index (χ0n) is 10.5. The van der Waals surface area contributed by atoms with E-state index in [1.165, 1.54) is 0 Å². The predicted molar refractivity (Wildman–Crippen MR) is 75.6 cm³/mol. The fourth-order valence-electron chi connectivity index (χ4n) is 1.80. The molecule has 0 saturated heterocycles. The molecule has 0 saturated carbocycles. The molecular formula is C13H16BrN3O. The highest BCUT2D eigenvalue weighted by molar-refractivity contribution is 9.10. The smallest absolute Gasteiger partial charge is 0.166 e. The molecule has 2 heterocycles. The van der Waals surface area contributed by atoms with Crippen molar-refractivity contribution in [1.29, 1.82) is 0 Å². The number of aromatic nitrogens is 2. The van der Waals surface area contributed by atoms with Crippen LogP contribution in [0.2, 0.25) is 0 Å². The van der Waals surface area contributed by atoms with Crippen LogP contribution in [0.1, 0.15) is 25.8 Å². The van der Waals surface area contributed by atoms with Crippen LogP contribution in [0.4, 0.5) is 5.82 Å². The minimum atomic E-state index is 0.758. The van der Waals surface area contributed by atoms with Crippen molar-refractivity contribution in [3.8, 4) is 11.5 Å². The first-order chi connectivity index (χ1) is 8.77. The quantitative estimate of drug-likeness (QED) is 0.910. The Balaban J connectivity index is 2.45. The van der Waals surface area contributed by atoms with Crippen LogP contribution < -0.4 is 5.32 Å². The first-order valence-electron chi connectivity index (χ1n) is 6.09. The number of nitrogens with one attached hydrogen (secondary N) is 1. The lowest BCUT2D eigenvalue weighted by Gasteiger charge is -2.11. The van der Waals surface area contributed by atoms with E-state index in [-0.39, 0.29) is 0 Å². The topological polar surface area (TPSA) is 51.0 Å². The Labute approximate surface area is 115 Å². The number of rotatable bonds is 5. The molecule has 0 unspecified atom stereocenters. The van der Waals surface area contributed by atoms with E-state index in [1.807, 2.05) is 6.07 Å². The molecule has 0 bridgehead atoms. The van der Waals surface area contributed by atoms with Crippen molar-refractivity contribution in [3.05, 3.63) is 28.7 Å². The predicted octanol–water partition coefficient (Wildman–Crippen LogP) is 3.88. The summed E-state index contributed by atoms with van der Waals surface area (Å²) in [7, 11) is 0. The molecule has 0 radical (unpaired) electrons. The molecule has 0 spiro atoms. The summed E-state index contributed by atoms with van der Waals surface area (Å²) in [6.07, 6.45) is 5.14. The minimum Gasteiger partial charge on any atom is -0.461 e. The van der Waals surface area contributed by atoms with Gasteiger partial charge in [-0.25, -0.2) is 9.97 Å². The largest absolute Gasteiger partial charge is 0.461 e. The molecule has 0 aliphatic rings. The fourth-order valence-corrected chi connectivity index (χ4v) is 2.19. The second-order valence-corrected chi connectivity index (χ2v) is 4.78. The molecule has 0 amide bonds. The van der Waals surface area contributed by atoms with Gasteiger partial charge in [0.25, 0.3) is 0 Å². The number of halogens is 1. The molecule has 2 aromatic rings. The van der Waals surface area contributed by atoms with E-state index in [0.29, 0.717) is 0 Å². The van der Waals surface area contributed by atoms with Crippen LogP contribution >= 0.6 is 15.9 Å². The highest BCUT2D eigenvalue weighted by atomic mass is 79.9. The highest BCUT2D eigenvalue weighted by Crippen LogP contribution is 2.32. The van der Waals surface area contributed by atoms with Gasteiger partial charge in [-0.3, -0.25) is 0 Å². The van der Waals surface area contributed by atoms with Crippen molar-refractivity contribution in [3.63, 3.8) is 0 Å². The molecule has 1 N–H and O–H groups in total. The van der Waals surface area contributed by atoms with Gasteiger partial charge in [-0.1, -0.05) is 13.8 Å². The lowest BCUT2D eigenvalue weighted by atomic mass is 10.1. The standard InChI is InChI=1S/C13H16BrN3O/c1-3-6-15-13-9(4-2)11(16-8-17-13)12-10(14)5-7-18-12/h5,7-8H,3-4,6H2,1-2H3,(H,15,16,17). The van der Waals surface area contributed by atoms with Gasteiger partial charge in [0, 0.05) is 12.1 Å². The van der Waals surface area contributed by atoms with Crippen LogP contribution in [-0.4, -0.2) is 16.5 Å². The summed E-state index contributed by atoms with van der Waals surface area (Å²) in [5.41, 5.74) is 1.93. The first-order valence-corrected chi connectivity index (χ1v) is 6.88. The zero-order valence-corrected chi connectivity index (χ0v) is 12.1. The molecule has 0 aromatic carbocycles. The summed E-state index contributed by atoms with van der Waals surface area (Å²) in [4.78, 5) is 8.65. The summed E-state index contributed by atoms with van der Waals surface area (Å²) in [5, 5.41) is 3.33. The van der Waals surface area contributed by atoms with Crippen LogP contribution in [-0.2, 0) is 6.42 Å². The molecule has 5 heteroatoms. The molecule has 4 nitrogen and oxygen atoms in total. The van der Waals surface area contributed by atoms with Crippen molar-refractivity contribution < 1.29 is 4.42 Å². The number of furan rings is 1. The zero-order chi connectivity index (χ0) is 13.0. The maximum atomic E-state index is 5.49. The normalized spacial score (nSPS) is 10.6. The van der Waals surface area contributed by atoms with Gasteiger partial charge in [-0.15, -0.1) is 0 Å². The van der Waals surface area contributed by atoms with E-state index in [4.69, 9.17) is 4.42 Å². The highest BCUT2D eigenvalue weighted by Gasteiger charge is 2.16. The van der Waals surface area contributed by atoms with Crippen LogP contribution in [0, 0.1) is 0 Å². The first kappa shape index (κ1) is 13.1. The lowest BCUT2D eigenvalue weighted by Crippen LogP contribution is -2.07. The summed E-state index contributed by atoms with van der Waals surface area (Å²) >= 11 is 3.47. The van der Waals surface area contributed by atoms with Crippen LogP contribution in [0.15, 0.2) is 27.5 Å². The van der Waals surface area contributed by atoms with Crippen LogP contribution in [0.25, 0.3) is 11.5 Å². The number of anilines is 1. The SMILES string of the molecule is CCCNc1ncnc(-c2occc2Br)c1CC. The third-order valence-corrected chi connectivity index (χ3v) is 3.30. The summed E-state index contributed by atoms with van der Waals surface area (Å²) < 4.78 is 6.40. The Morgan fingerprint density at radius 1 is 1.33 bits per heavy atom. The second-order valence-electron chi connectivity index (χ2n) is 3.93. The van der Waals surface area contributed by atoms with Crippen molar-refractivity contribution >= 4 is 21.7 Å². The molecule has 96 valence electrons.